The summed E-state index contributed by atoms with van der Waals surface area (Å²) in [5, 5.41) is 8.91. The standard InChI is InChI=1S/C48H84NO11P/c1-3-5-7-9-11-13-15-17-18-19-20-21-22-23-25-27-29-31-33-37-46(50)56-39-42(40-57-61(54,55)58-41-43(49)48(52)53)59-47(51)38-34-36-45-44(60-45)35-32-30-28-26-24-16-14-12-10-8-6-4-2/h12,14,17-18,24,26,30,32,42-45H,3-11,13,15-16,19-23,25,27-29,31,33-41,49H2,1-2H3,(H,52,53)(H,54,55)/b14-12-,18-17-,26-24-,32-30-/t42-,43+,44?,45?/m1/s1. The van der Waals surface area contributed by atoms with Gasteiger partial charge in [-0.05, 0) is 77.0 Å². The number of epoxide rings is 1. The lowest BCUT2D eigenvalue weighted by atomic mass is 10.1. The summed E-state index contributed by atoms with van der Waals surface area (Å²) in [6, 6.07) is -1.54. The predicted molar refractivity (Wildman–Crippen MR) is 244 cm³/mol. The molecule has 0 spiro atoms. The number of hydrogen-bond donors (Lipinski definition) is 3. The van der Waals surface area contributed by atoms with E-state index in [2.05, 4.69) is 67.0 Å². The van der Waals surface area contributed by atoms with E-state index in [1.165, 1.54) is 103 Å². The third-order valence-electron chi connectivity index (χ3n) is 10.5. The number of ether oxygens (including phenoxy) is 3. The molecule has 12 nitrogen and oxygen atoms in total. The Hall–Kier alpha value is -2.60. The first-order chi connectivity index (χ1) is 29.6. The summed E-state index contributed by atoms with van der Waals surface area (Å²) in [7, 11) is -4.75. The third kappa shape index (κ3) is 36.6. The van der Waals surface area contributed by atoms with Gasteiger partial charge in [0.25, 0.3) is 0 Å². The van der Waals surface area contributed by atoms with Crippen molar-refractivity contribution in [3.05, 3.63) is 48.6 Å². The molecule has 1 rings (SSSR count). The van der Waals surface area contributed by atoms with Crippen LogP contribution in [0.15, 0.2) is 48.6 Å². The van der Waals surface area contributed by atoms with Crippen LogP contribution < -0.4 is 5.73 Å². The lowest BCUT2D eigenvalue weighted by Crippen LogP contribution is -2.34. The topological polar surface area (TPSA) is 184 Å². The van der Waals surface area contributed by atoms with E-state index >= 15 is 0 Å². The molecule has 3 unspecified atom stereocenters. The van der Waals surface area contributed by atoms with Crippen molar-refractivity contribution >= 4 is 25.7 Å². The van der Waals surface area contributed by atoms with Crippen LogP contribution in [-0.4, -0.2) is 72.1 Å². The van der Waals surface area contributed by atoms with E-state index < -0.39 is 51.1 Å². The van der Waals surface area contributed by atoms with Crippen LogP contribution in [0.1, 0.15) is 194 Å². The number of phosphoric acid groups is 1. The molecule has 1 heterocycles. The minimum Gasteiger partial charge on any atom is -0.480 e. The van der Waals surface area contributed by atoms with Gasteiger partial charge in [0.15, 0.2) is 6.10 Å². The quantitative estimate of drug-likeness (QED) is 0.0173. The van der Waals surface area contributed by atoms with Crippen LogP contribution in [0.3, 0.4) is 0 Å². The molecule has 0 aromatic rings. The van der Waals surface area contributed by atoms with Crippen LogP contribution in [0.5, 0.6) is 0 Å². The van der Waals surface area contributed by atoms with Crippen molar-refractivity contribution < 1.29 is 52.2 Å². The molecule has 1 aliphatic heterocycles. The minimum absolute atomic E-state index is 0.0716. The van der Waals surface area contributed by atoms with Gasteiger partial charge in [-0.3, -0.25) is 23.4 Å². The van der Waals surface area contributed by atoms with Crippen molar-refractivity contribution in [3.8, 4) is 0 Å². The van der Waals surface area contributed by atoms with E-state index in [1.807, 2.05) is 0 Å². The molecule has 5 atom stereocenters. The maximum Gasteiger partial charge on any atom is 0.472 e. The van der Waals surface area contributed by atoms with Gasteiger partial charge in [-0.2, -0.15) is 0 Å². The van der Waals surface area contributed by atoms with Gasteiger partial charge in [-0.1, -0.05) is 152 Å². The highest BCUT2D eigenvalue weighted by molar-refractivity contribution is 7.47. The second-order valence-electron chi connectivity index (χ2n) is 16.3. The molecular weight excluding hydrogens is 797 g/mol. The van der Waals surface area contributed by atoms with Crippen molar-refractivity contribution in [2.75, 3.05) is 19.8 Å². The Morgan fingerprint density at radius 2 is 1.08 bits per heavy atom. The lowest BCUT2D eigenvalue weighted by Gasteiger charge is -2.20. The highest BCUT2D eigenvalue weighted by Crippen LogP contribution is 2.43. The normalized spacial score (nSPS) is 17.4. The number of aliphatic carboxylic acids is 1. The zero-order valence-electron chi connectivity index (χ0n) is 37.9. The predicted octanol–water partition coefficient (Wildman–Crippen LogP) is 11.9. The third-order valence-corrected chi connectivity index (χ3v) is 11.4. The zero-order valence-corrected chi connectivity index (χ0v) is 38.8. The number of allylic oxidation sites excluding steroid dienone is 7. The molecule has 1 fully saturated rings. The molecule has 0 aromatic carbocycles. The zero-order chi connectivity index (χ0) is 44.7. The number of unbranched alkanes of at least 4 members (excludes halogenated alkanes) is 18. The summed E-state index contributed by atoms with van der Waals surface area (Å²) in [6.07, 6.45) is 46.2. The first-order valence-electron chi connectivity index (χ1n) is 23.8. The Kier molecular flexibility index (Phi) is 36.1. The van der Waals surface area contributed by atoms with Crippen LogP contribution in [0.2, 0.25) is 0 Å². The van der Waals surface area contributed by atoms with E-state index in [0.29, 0.717) is 19.3 Å². The van der Waals surface area contributed by atoms with Gasteiger partial charge < -0.3 is 29.9 Å². The van der Waals surface area contributed by atoms with Crippen molar-refractivity contribution in [3.63, 3.8) is 0 Å². The molecule has 0 aromatic heterocycles. The van der Waals surface area contributed by atoms with Crippen LogP contribution in [0.25, 0.3) is 0 Å². The fourth-order valence-corrected chi connectivity index (χ4v) is 7.40. The van der Waals surface area contributed by atoms with Crippen LogP contribution in [0.4, 0.5) is 0 Å². The second kappa shape index (κ2) is 39.0. The number of nitrogens with two attached hydrogens (primary N) is 1. The molecule has 1 aliphatic rings. The average molecular weight is 882 g/mol. The van der Waals surface area contributed by atoms with Crippen molar-refractivity contribution in [1.82, 2.24) is 0 Å². The number of phosphoric ester groups is 1. The van der Waals surface area contributed by atoms with Gasteiger partial charge in [0.2, 0.25) is 0 Å². The van der Waals surface area contributed by atoms with Crippen LogP contribution in [0, 0.1) is 0 Å². The van der Waals surface area contributed by atoms with Crippen molar-refractivity contribution in [1.29, 1.82) is 0 Å². The van der Waals surface area contributed by atoms with Gasteiger partial charge in [-0.15, -0.1) is 0 Å². The average Bonchev–Trinajstić information content (AvgIpc) is 3.99. The molecule has 0 amide bonds. The molecule has 352 valence electrons. The number of carbonyl (C=O) groups excluding carboxylic acids is 2. The first kappa shape index (κ1) is 56.4. The molecule has 0 saturated carbocycles. The van der Waals surface area contributed by atoms with Crippen LogP contribution in [-0.2, 0) is 42.2 Å². The molecular formula is C48H84NO11P. The van der Waals surface area contributed by atoms with Gasteiger partial charge in [0.05, 0.1) is 25.4 Å². The summed E-state index contributed by atoms with van der Waals surface area (Å²) in [5.74, 6) is -2.47. The molecule has 0 radical (unpaired) electrons. The number of carbonyl (C=O) groups is 3. The van der Waals surface area contributed by atoms with Gasteiger partial charge >= 0.3 is 25.7 Å². The monoisotopic (exact) mass is 882 g/mol. The number of esters is 2. The highest BCUT2D eigenvalue weighted by Gasteiger charge is 2.37. The van der Waals surface area contributed by atoms with Crippen molar-refractivity contribution in [2.45, 2.75) is 218 Å². The fourth-order valence-electron chi connectivity index (χ4n) is 6.62. The molecule has 1 saturated heterocycles. The number of carboxylic acid groups (broad SMARTS) is 1. The van der Waals surface area contributed by atoms with E-state index in [4.69, 9.17) is 29.6 Å². The summed E-state index contributed by atoms with van der Waals surface area (Å²) < 4.78 is 38.5. The van der Waals surface area contributed by atoms with E-state index in [-0.39, 0.29) is 31.7 Å². The lowest BCUT2D eigenvalue weighted by molar-refractivity contribution is -0.161. The Morgan fingerprint density at radius 1 is 0.607 bits per heavy atom. The Balaban J connectivity index is 2.30. The van der Waals surface area contributed by atoms with E-state index in [0.717, 1.165) is 44.9 Å². The Bertz CT molecular complexity index is 1290. The summed E-state index contributed by atoms with van der Waals surface area (Å²) >= 11 is 0. The largest absolute Gasteiger partial charge is 0.480 e. The summed E-state index contributed by atoms with van der Waals surface area (Å²) in [5.41, 5.74) is 5.34. The van der Waals surface area contributed by atoms with E-state index in [9.17, 15) is 23.8 Å². The maximum absolute atomic E-state index is 12.7. The van der Waals surface area contributed by atoms with Gasteiger partial charge in [0, 0.05) is 12.8 Å². The first-order valence-corrected chi connectivity index (χ1v) is 25.3. The van der Waals surface area contributed by atoms with Gasteiger partial charge in [-0.25, -0.2) is 4.57 Å². The van der Waals surface area contributed by atoms with Crippen LogP contribution >= 0.6 is 7.82 Å². The number of carboxylic acids is 1. The van der Waals surface area contributed by atoms with Gasteiger partial charge in [0.1, 0.15) is 12.6 Å². The molecule has 0 bridgehead atoms. The second-order valence-corrected chi connectivity index (χ2v) is 17.7. The summed E-state index contributed by atoms with van der Waals surface area (Å²) in [6.45, 7) is 2.70. The Morgan fingerprint density at radius 3 is 1.69 bits per heavy atom. The smallest absolute Gasteiger partial charge is 0.472 e. The molecule has 13 heteroatoms. The fraction of sp³-hybridized carbons (Fsp3) is 0.771. The number of hydrogen-bond acceptors (Lipinski definition) is 10. The maximum atomic E-state index is 12.7. The molecule has 4 N–H and O–H groups in total. The Labute approximate surface area is 369 Å². The molecule has 0 aliphatic carbocycles. The number of rotatable bonds is 43. The molecule has 61 heavy (non-hydrogen) atoms. The minimum atomic E-state index is -4.75. The highest BCUT2D eigenvalue weighted by atomic mass is 31.2. The van der Waals surface area contributed by atoms with E-state index in [1.54, 1.807) is 0 Å². The van der Waals surface area contributed by atoms with Crippen molar-refractivity contribution in [2.24, 2.45) is 5.73 Å². The summed E-state index contributed by atoms with van der Waals surface area (Å²) in [4.78, 5) is 46.2. The SMILES string of the molecule is CCCCC/C=C\C/C=C\C/C=C\CC1OC1CCCC(=O)O[C@H](COC(=O)CCCCCCCCCCC/C=C\CCCCCCCC)COP(=O)(O)OC[C@H](N)C(=O)O.